The van der Waals surface area contributed by atoms with Crippen LogP contribution in [-0.2, 0) is 12.8 Å². The smallest absolute Gasteiger partial charge is 0.0155 e. The van der Waals surface area contributed by atoms with E-state index in [0.717, 1.165) is 24.4 Å². The maximum Gasteiger partial charge on any atom is 0.0155 e. The van der Waals surface area contributed by atoms with E-state index in [1.165, 1.54) is 38.6 Å². The van der Waals surface area contributed by atoms with E-state index in [9.17, 15) is 0 Å². The van der Waals surface area contributed by atoms with Crippen molar-refractivity contribution in [1.82, 2.24) is 10.2 Å². The molecule has 2 heteroatoms. The number of benzene rings is 1. The van der Waals surface area contributed by atoms with Crippen LogP contribution in [0.3, 0.4) is 0 Å². The summed E-state index contributed by atoms with van der Waals surface area (Å²) in [6, 6.07) is 9.94. The van der Waals surface area contributed by atoms with Crippen LogP contribution in [0.15, 0.2) is 24.3 Å². The minimum absolute atomic E-state index is 0.805. The number of nitrogens with zero attached hydrogens (tertiary/aromatic N) is 1. The standard InChI is InChI=1S/C18H28N2/c1-19-10-5-11-20(2)18-16-8-9-17(18)13-15-7-4-3-6-14(15)12-16/h3-4,6-7,16-19H,5,8-13H2,1-2H3. The second-order valence-corrected chi connectivity index (χ2v) is 6.70. The zero-order valence-electron chi connectivity index (χ0n) is 12.9. The summed E-state index contributed by atoms with van der Waals surface area (Å²) in [5.41, 5.74) is 3.24. The first-order valence-corrected chi connectivity index (χ1v) is 8.21. The summed E-state index contributed by atoms with van der Waals surface area (Å²) in [5.74, 6) is 1.76. The molecular formula is C18H28N2. The van der Waals surface area contributed by atoms with Crippen molar-refractivity contribution in [3.05, 3.63) is 35.4 Å². The second-order valence-electron chi connectivity index (χ2n) is 6.70. The fourth-order valence-corrected chi connectivity index (χ4v) is 4.49. The molecule has 1 N–H and O–H groups in total. The van der Waals surface area contributed by atoms with Crippen molar-refractivity contribution < 1.29 is 0 Å². The van der Waals surface area contributed by atoms with E-state index in [2.05, 4.69) is 41.5 Å². The summed E-state index contributed by atoms with van der Waals surface area (Å²) >= 11 is 0. The molecule has 1 aromatic rings. The van der Waals surface area contributed by atoms with Crippen LogP contribution in [-0.4, -0.2) is 38.1 Å². The van der Waals surface area contributed by atoms with Gasteiger partial charge in [-0.15, -0.1) is 0 Å². The van der Waals surface area contributed by atoms with Gasteiger partial charge in [0.05, 0.1) is 0 Å². The third-order valence-electron chi connectivity index (χ3n) is 5.40. The Balaban J connectivity index is 1.72. The largest absolute Gasteiger partial charge is 0.320 e. The van der Waals surface area contributed by atoms with Crippen LogP contribution < -0.4 is 5.32 Å². The lowest BCUT2D eigenvalue weighted by Gasteiger charge is -2.32. The summed E-state index contributed by atoms with van der Waals surface area (Å²) in [6.45, 7) is 2.36. The lowest BCUT2D eigenvalue weighted by molar-refractivity contribution is 0.159. The van der Waals surface area contributed by atoms with Gasteiger partial charge in [-0.3, -0.25) is 0 Å². The zero-order valence-corrected chi connectivity index (χ0v) is 12.9. The minimum atomic E-state index is 0.805. The molecule has 1 saturated carbocycles. The van der Waals surface area contributed by atoms with Crippen molar-refractivity contribution in [2.45, 2.75) is 38.1 Å². The van der Waals surface area contributed by atoms with Crippen LogP contribution in [0.1, 0.15) is 30.4 Å². The van der Waals surface area contributed by atoms with Crippen LogP contribution in [0.4, 0.5) is 0 Å². The van der Waals surface area contributed by atoms with Crippen molar-refractivity contribution in [3.63, 3.8) is 0 Å². The molecule has 0 aromatic heterocycles. The average Bonchev–Trinajstić information content (AvgIpc) is 2.74. The number of hydrogen-bond acceptors (Lipinski definition) is 2. The Morgan fingerprint density at radius 2 is 1.70 bits per heavy atom. The molecule has 0 heterocycles. The van der Waals surface area contributed by atoms with Gasteiger partial charge >= 0.3 is 0 Å². The Morgan fingerprint density at radius 3 is 2.25 bits per heavy atom. The molecule has 2 aliphatic carbocycles. The predicted molar refractivity (Wildman–Crippen MR) is 85.0 cm³/mol. The first-order chi connectivity index (χ1) is 9.79. The van der Waals surface area contributed by atoms with Crippen LogP contribution >= 0.6 is 0 Å². The third kappa shape index (κ3) is 2.77. The van der Waals surface area contributed by atoms with Gasteiger partial charge in [0.1, 0.15) is 0 Å². The monoisotopic (exact) mass is 272 g/mol. The number of hydrogen-bond donors (Lipinski definition) is 1. The van der Waals surface area contributed by atoms with Gasteiger partial charge in [-0.2, -0.15) is 0 Å². The van der Waals surface area contributed by atoms with Gasteiger partial charge < -0.3 is 10.2 Å². The SMILES string of the molecule is CNCCCN(C)C1C2CCC1Cc1ccccc1C2. The lowest BCUT2D eigenvalue weighted by atomic mass is 9.94. The van der Waals surface area contributed by atoms with Crippen LogP contribution in [0.25, 0.3) is 0 Å². The van der Waals surface area contributed by atoms with Gasteiger partial charge in [0.2, 0.25) is 0 Å². The molecule has 20 heavy (non-hydrogen) atoms. The molecule has 0 radical (unpaired) electrons. The van der Waals surface area contributed by atoms with Crippen LogP contribution in [0, 0.1) is 11.8 Å². The Morgan fingerprint density at radius 1 is 1.10 bits per heavy atom. The van der Waals surface area contributed by atoms with Crippen molar-refractivity contribution in [1.29, 1.82) is 0 Å². The minimum Gasteiger partial charge on any atom is -0.320 e. The molecule has 2 atom stereocenters. The first-order valence-electron chi connectivity index (χ1n) is 8.21. The molecule has 1 aromatic carbocycles. The van der Waals surface area contributed by atoms with Crippen molar-refractivity contribution in [3.8, 4) is 0 Å². The zero-order chi connectivity index (χ0) is 13.9. The highest BCUT2D eigenvalue weighted by atomic mass is 15.1. The van der Waals surface area contributed by atoms with E-state index in [4.69, 9.17) is 0 Å². The maximum absolute atomic E-state index is 3.26. The van der Waals surface area contributed by atoms with Crippen LogP contribution in [0.2, 0.25) is 0 Å². The van der Waals surface area contributed by atoms with E-state index in [1.54, 1.807) is 11.1 Å². The summed E-state index contributed by atoms with van der Waals surface area (Å²) in [5, 5.41) is 3.26. The van der Waals surface area contributed by atoms with Gasteiger partial charge in [0.25, 0.3) is 0 Å². The predicted octanol–water partition coefficient (Wildman–Crippen LogP) is 2.72. The van der Waals surface area contributed by atoms with Gasteiger partial charge in [0.15, 0.2) is 0 Å². The average molecular weight is 272 g/mol. The normalized spacial score (nSPS) is 28.4. The molecule has 0 aliphatic heterocycles. The van der Waals surface area contributed by atoms with Crippen molar-refractivity contribution in [2.24, 2.45) is 11.8 Å². The molecule has 2 unspecified atom stereocenters. The molecular weight excluding hydrogens is 244 g/mol. The molecule has 110 valence electrons. The number of nitrogens with one attached hydrogen (secondary N) is 1. The number of fused-ring (bicyclic) bond motifs is 3. The Hall–Kier alpha value is -0.860. The van der Waals surface area contributed by atoms with E-state index < -0.39 is 0 Å². The fourth-order valence-electron chi connectivity index (χ4n) is 4.49. The highest BCUT2D eigenvalue weighted by Crippen LogP contribution is 2.42. The maximum atomic E-state index is 3.26. The quantitative estimate of drug-likeness (QED) is 0.829. The molecule has 2 nitrogen and oxygen atoms in total. The summed E-state index contributed by atoms with van der Waals surface area (Å²) in [6.07, 6.45) is 6.72. The van der Waals surface area contributed by atoms with E-state index in [1.807, 2.05) is 7.05 Å². The Kier molecular flexibility index (Phi) is 4.42. The summed E-state index contributed by atoms with van der Waals surface area (Å²) in [4.78, 5) is 2.66. The third-order valence-corrected chi connectivity index (χ3v) is 5.40. The van der Waals surface area contributed by atoms with Crippen molar-refractivity contribution in [2.75, 3.05) is 27.2 Å². The Bertz CT molecular complexity index is 410. The fraction of sp³-hybridized carbons (Fsp3) is 0.667. The lowest BCUT2D eigenvalue weighted by Crippen LogP contribution is -2.40. The Labute approximate surface area is 123 Å². The van der Waals surface area contributed by atoms with E-state index >= 15 is 0 Å². The molecule has 0 amide bonds. The van der Waals surface area contributed by atoms with Gasteiger partial charge in [-0.1, -0.05) is 24.3 Å². The van der Waals surface area contributed by atoms with E-state index in [0.29, 0.717) is 0 Å². The summed E-state index contributed by atoms with van der Waals surface area (Å²) < 4.78 is 0. The molecule has 0 spiro atoms. The number of rotatable bonds is 5. The van der Waals surface area contributed by atoms with E-state index in [-0.39, 0.29) is 0 Å². The van der Waals surface area contributed by atoms with Crippen molar-refractivity contribution >= 4 is 0 Å². The van der Waals surface area contributed by atoms with Gasteiger partial charge in [-0.25, -0.2) is 0 Å². The van der Waals surface area contributed by atoms with Gasteiger partial charge in [-0.05, 0) is 82.3 Å². The molecule has 2 aliphatic rings. The second kappa shape index (κ2) is 6.28. The first kappa shape index (κ1) is 14.1. The molecule has 0 saturated heterocycles. The molecule has 3 rings (SSSR count). The molecule has 1 fully saturated rings. The van der Waals surface area contributed by atoms with Crippen LogP contribution in [0.5, 0.6) is 0 Å². The summed E-state index contributed by atoms with van der Waals surface area (Å²) in [7, 11) is 4.40. The topological polar surface area (TPSA) is 15.3 Å². The molecule has 2 bridgehead atoms. The van der Waals surface area contributed by atoms with Gasteiger partial charge in [0, 0.05) is 6.04 Å². The highest BCUT2D eigenvalue weighted by Gasteiger charge is 2.40. The highest BCUT2D eigenvalue weighted by molar-refractivity contribution is 5.30.